The Balaban J connectivity index is 1.88. The Kier molecular flexibility index (Phi) is 6.21. The molecule has 0 aliphatic rings. The zero-order valence-electron chi connectivity index (χ0n) is 14.1. The normalized spacial score (nSPS) is 11.8. The fourth-order valence-electron chi connectivity index (χ4n) is 2.54. The van der Waals surface area contributed by atoms with Gasteiger partial charge in [0.2, 0.25) is 5.91 Å². The first-order chi connectivity index (χ1) is 11.1. The molecule has 0 radical (unpaired) electrons. The smallest absolute Gasteiger partial charge is 0.220 e. The minimum absolute atomic E-state index is 0.0824. The van der Waals surface area contributed by atoms with E-state index in [9.17, 15) is 4.79 Å². The summed E-state index contributed by atoms with van der Waals surface area (Å²) in [6.45, 7) is 4.16. The highest BCUT2D eigenvalue weighted by Gasteiger charge is 2.12. The predicted molar refractivity (Wildman–Crippen MR) is 93.7 cm³/mol. The van der Waals surface area contributed by atoms with Gasteiger partial charge in [-0.3, -0.25) is 4.79 Å². The molecule has 0 aliphatic heterocycles. The highest BCUT2D eigenvalue weighted by atomic mass is 16.5. The highest BCUT2D eigenvalue weighted by molar-refractivity contribution is 5.76. The number of aryl methyl sites for hydroxylation is 2. The van der Waals surface area contributed by atoms with Gasteiger partial charge >= 0.3 is 0 Å². The van der Waals surface area contributed by atoms with Crippen LogP contribution in [-0.4, -0.2) is 13.0 Å². The molecule has 3 heteroatoms. The summed E-state index contributed by atoms with van der Waals surface area (Å²) in [6, 6.07) is 16.3. The van der Waals surface area contributed by atoms with Gasteiger partial charge in [0.05, 0.1) is 13.2 Å². The first-order valence-electron chi connectivity index (χ1n) is 8.11. The maximum atomic E-state index is 12.2. The molecule has 0 saturated carbocycles. The Morgan fingerprint density at radius 3 is 2.30 bits per heavy atom. The van der Waals surface area contributed by atoms with Crippen LogP contribution >= 0.6 is 0 Å². The van der Waals surface area contributed by atoms with Gasteiger partial charge in [0.25, 0.3) is 0 Å². The lowest BCUT2D eigenvalue weighted by atomic mass is 10.0. The molecule has 0 heterocycles. The second kappa shape index (κ2) is 8.37. The third-order valence-corrected chi connectivity index (χ3v) is 4.02. The molecule has 2 rings (SSSR count). The van der Waals surface area contributed by atoms with E-state index in [2.05, 4.69) is 43.4 Å². The molecule has 1 unspecified atom stereocenters. The van der Waals surface area contributed by atoms with Crippen LogP contribution in [0.15, 0.2) is 48.5 Å². The molecule has 122 valence electrons. The lowest BCUT2D eigenvalue weighted by molar-refractivity contribution is -0.121. The Bertz CT molecular complexity index is 617. The molecule has 0 fully saturated rings. The van der Waals surface area contributed by atoms with Gasteiger partial charge < -0.3 is 10.1 Å². The summed E-state index contributed by atoms with van der Waals surface area (Å²) in [5, 5.41) is 3.13. The van der Waals surface area contributed by atoms with E-state index in [0.717, 1.165) is 29.7 Å². The predicted octanol–water partition coefficient (Wildman–Crippen LogP) is 4.20. The minimum Gasteiger partial charge on any atom is -0.497 e. The molecule has 1 atom stereocenters. The van der Waals surface area contributed by atoms with Crippen molar-refractivity contribution in [3.8, 4) is 5.75 Å². The fourth-order valence-corrected chi connectivity index (χ4v) is 2.54. The average molecular weight is 311 g/mol. The molecule has 23 heavy (non-hydrogen) atoms. The molecule has 0 aromatic heterocycles. The van der Waals surface area contributed by atoms with E-state index >= 15 is 0 Å². The van der Waals surface area contributed by atoms with E-state index in [1.807, 2.05) is 24.3 Å². The first kappa shape index (κ1) is 17.1. The number of hydrogen-bond acceptors (Lipinski definition) is 2. The minimum atomic E-state index is 0.0824. The molecule has 0 saturated heterocycles. The van der Waals surface area contributed by atoms with Crippen molar-refractivity contribution >= 4 is 5.91 Å². The van der Waals surface area contributed by atoms with Gasteiger partial charge in [-0.2, -0.15) is 0 Å². The van der Waals surface area contributed by atoms with Crippen molar-refractivity contribution in [3.05, 3.63) is 65.2 Å². The lowest BCUT2D eigenvalue weighted by Gasteiger charge is -2.17. The van der Waals surface area contributed by atoms with Crippen LogP contribution in [0.4, 0.5) is 0 Å². The van der Waals surface area contributed by atoms with E-state index in [4.69, 9.17) is 4.74 Å². The van der Waals surface area contributed by atoms with Crippen LogP contribution in [0.25, 0.3) is 0 Å². The number of amides is 1. The molecule has 0 aliphatic carbocycles. The topological polar surface area (TPSA) is 38.3 Å². The molecule has 0 spiro atoms. The summed E-state index contributed by atoms with van der Waals surface area (Å²) in [6.07, 6.45) is 2.12. The molecule has 1 amide bonds. The van der Waals surface area contributed by atoms with E-state index in [1.54, 1.807) is 7.11 Å². The van der Waals surface area contributed by atoms with E-state index < -0.39 is 0 Å². The van der Waals surface area contributed by atoms with Crippen molar-refractivity contribution in [2.75, 3.05) is 7.11 Å². The monoisotopic (exact) mass is 311 g/mol. The van der Waals surface area contributed by atoms with Crippen LogP contribution in [0.5, 0.6) is 5.75 Å². The van der Waals surface area contributed by atoms with Crippen molar-refractivity contribution in [2.45, 2.75) is 39.2 Å². The van der Waals surface area contributed by atoms with Gasteiger partial charge in [-0.15, -0.1) is 0 Å². The molecule has 0 bridgehead atoms. The number of nitrogens with one attached hydrogen (secondary N) is 1. The van der Waals surface area contributed by atoms with Gasteiger partial charge in [-0.05, 0) is 43.0 Å². The van der Waals surface area contributed by atoms with Gasteiger partial charge in [-0.25, -0.2) is 0 Å². The molecule has 2 aromatic rings. The number of carbonyl (C=O) groups is 1. The summed E-state index contributed by atoms with van der Waals surface area (Å²) in [7, 11) is 1.65. The maximum Gasteiger partial charge on any atom is 0.220 e. The summed E-state index contributed by atoms with van der Waals surface area (Å²) in [4.78, 5) is 12.2. The SMILES string of the molecule is CCC(NC(=O)CCc1ccc(OC)cc1)c1ccc(C)cc1. The second-order valence-corrected chi connectivity index (χ2v) is 5.79. The van der Waals surface area contributed by atoms with Crippen LogP contribution in [-0.2, 0) is 11.2 Å². The third kappa shape index (κ3) is 5.13. The highest BCUT2D eigenvalue weighted by Crippen LogP contribution is 2.18. The number of rotatable bonds is 7. The summed E-state index contributed by atoms with van der Waals surface area (Å²) >= 11 is 0. The second-order valence-electron chi connectivity index (χ2n) is 5.79. The quantitative estimate of drug-likeness (QED) is 0.832. The summed E-state index contributed by atoms with van der Waals surface area (Å²) < 4.78 is 5.14. The molecule has 3 nitrogen and oxygen atoms in total. The summed E-state index contributed by atoms with van der Waals surface area (Å²) in [5.41, 5.74) is 3.54. The van der Waals surface area contributed by atoms with Crippen LogP contribution < -0.4 is 10.1 Å². The van der Waals surface area contributed by atoms with Crippen LogP contribution in [0.2, 0.25) is 0 Å². The van der Waals surface area contributed by atoms with Gasteiger partial charge in [0.1, 0.15) is 5.75 Å². The number of carbonyl (C=O) groups excluding carboxylic acids is 1. The Hall–Kier alpha value is -2.29. The zero-order valence-corrected chi connectivity index (χ0v) is 14.1. The van der Waals surface area contributed by atoms with Gasteiger partial charge in [0, 0.05) is 6.42 Å². The zero-order chi connectivity index (χ0) is 16.7. The van der Waals surface area contributed by atoms with Crippen molar-refractivity contribution in [1.82, 2.24) is 5.32 Å². The molecule has 2 aromatic carbocycles. The summed E-state index contributed by atoms with van der Waals surface area (Å²) in [5.74, 6) is 0.928. The van der Waals surface area contributed by atoms with Gasteiger partial charge in [-0.1, -0.05) is 48.9 Å². The van der Waals surface area contributed by atoms with Crippen molar-refractivity contribution in [2.24, 2.45) is 0 Å². The van der Waals surface area contributed by atoms with E-state index in [-0.39, 0.29) is 11.9 Å². The largest absolute Gasteiger partial charge is 0.497 e. The average Bonchev–Trinajstić information content (AvgIpc) is 2.59. The van der Waals surface area contributed by atoms with Crippen molar-refractivity contribution in [1.29, 1.82) is 0 Å². The maximum absolute atomic E-state index is 12.2. The lowest BCUT2D eigenvalue weighted by Crippen LogP contribution is -2.28. The Morgan fingerprint density at radius 1 is 1.09 bits per heavy atom. The number of methoxy groups -OCH3 is 1. The number of benzene rings is 2. The van der Waals surface area contributed by atoms with Gasteiger partial charge in [0.15, 0.2) is 0 Å². The molecular weight excluding hydrogens is 286 g/mol. The van der Waals surface area contributed by atoms with Crippen LogP contribution in [0, 0.1) is 6.92 Å². The first-order valence-corrected chi connectivity index (χ1v) is 8.11. The standard InChI is InChI=1S/C20H25NO2/c1-4-19(17-10-5-15(2)6-11-17)21-20(22)14-9-16-7-12-18(23-3)13-8-16/h5-8,10-13,19H,4,9,14H2,1-3H3,(H,21,22). The molecule has 1 N–H and O–H groups in total. The van der Waals surface area contributed by atoms with Crippen LogP contribution in [0.3, 0.4) is 0 Å². The van der Waals surface area contributed by atoms with Crippen molar-refractivity contribution < 1.29 is 9.53 Å². The van der Waals surface area contributed by atoms with E-state index in [0.29, 0.717) is 6.42 Å². The van der Waals surface area contributed by atoms with Crippen molar-refractivity contribution in [3.63, 3.8) is 0 Å². The third-order valence-electron chi connectivity index (χ3n) is 4.02. The number of ether oxygens (including phenoxy) is 1. The fraction of sp³-hybridized carbons (Fsp3) is 0.350. The Labute approximate surface area is 138 Å². The Morgan fingerprint density at radius 2 is 1.74 bits per heavy atom. The van der Waals surface area contributed by atoms with Crippen LogP contribution in [0.1, 0.15) is 42.5 Å². The number of hydrogen-bond donors (Lipinski definition) is 1. The molecular formula is C20H25NO2. The van der Waals surface area contributed by atoms with E-state index in [1.165, 1.54) is 5.56 Å².